The Morgan fingerprint density at radius 2 is 1.36 bits per heavy atom. The first-order chi connectivity index (χ1) is 31.3. The molecular weight excluding hydrogens is 853 g/mol. The van der Waals surface area contributed by atoms with Crippen molar-refractivity contribution in [3.05, 3.63) is 83.9 Å². The molecule has 0 bridgehead atoms. The first kappa shape index (κ1) is 51.6. The highest BCUT2D eigenvalue weighted by atomic mass is 16.4. The molecule has 66 heavy (non-hydrogen) atoms. The molecule has 0 saturated carbocycles. The van der Waals surface area contributed by atoms with Crippen LogP contribution in [0.5, 0.6) is 5.75 Å². The van der Waals surface area contributed by atoms with Gasteiger partial charge in [-0.15, -0.1) is 0 Å². The fourth-order valence-corrected chi connectivity index (χ4v) is 7.47. The van der Waals surface area contributed by atoms with Gasteiger partial charge in [0.05, 0.1) is 12.4 Å². The van der Waals surface area contributed by atoms with Gasteiger partial charge in [0, 0.05) is 44.2 Å². The Balaban J connectivity index is 1.53. The number of phenols is 1. The zero-order chi connectivity index (χ0) is 48.5. The Hall–Kier alpha value is -7.03. The number of carbonyl (C=O) groups is 7. The second-order valence-corrected chi connectivity index (χ2v) is 17.1. The molecule has 1 fully saturated rings. The molecule has 1 aliphatic heterocycles. The number of phenolic OH excluding ortho intramolecular Hbond substituents is 1. The number of H-pyrrole nitrogens is 1. The molecular formula is C45H64N12O9. The average molecular weight is 917 g/mol. The number of guanidine groups is 1. The van der Waals surface area contributed by atoms with E-state index in [0.717, 1.165) is 0 Å². The third-order valence-electron chi connectivity index (χ3n) is 11.1. The van der Waals surface area contributed by atoms with Gasteiger partial charge in [-0.3, -0.25) is 33.8 Å². The van der Waals surface area contributed by atoms with E-state index in [1.807, 2.05) is 0 Å². The van der Waals surface area contributed by atoms with E-state index < -0.39 is 95.5 Å². The van der Waals surface area contributed by atoms with Crippen molar-refractivity contribution < 1.29 is 43.8 Å². The number of carbonyl (C=O) groups excluding carboxylic acids is 6. The van der Waals surface area contributed by atoms with E-state index >= 15 is 0 Å². The van der Waals surface area contributed by atoms with Gasteiger partial charge in [-0.2, -0.15) is 0 Å². The lowest BCUT2D eigenvalue weighted by molar-refractivity contribution is -0.145. The third-order valence-corrected chi connectivity index (χ3v) is 11.1. The molecule has 1 aromatic heterocycles. The zero-order valence-corrected chi connectivity index (χ0v) is 37.7. The Bertz CT molecular complexity index is 2130. The average Bonchev–Trinajstić information content (AvgIpc) is 3.99. The lowest BCUT2D eigenvalue weighted by Gasteiger charge is -2.31. The van der Waals surface area contributed by atoms with E-state index in [0.29, 0.717) is 29.7 Å². The molecule has 3 aromatic rings. The number of aliphatic imine (C=N–C) groups is 1. The molecule has 0 aliphatic carbocycles. The SMILES string of the molecule is CC(C)C(NC(=O)C(N)CCCN=C(N)N)C(=O)NC(Cc1ccc(O)cc1)C(=O)NC(C(=O)NC(Cc1cnc[nH]1)C(=O)N1CCCC1C(=O)NC(Cc1ccccc1)C(=O)O)C(C)C. The molecule has 4 rings (SSSR count). The number of benzene rings is 2. The molecule has 2 heterocycles. The van der Waals surface area contributed by atoms with Crippen molar-refractivity contribution in [3.8, 4) is 5.75 Å². The van der Waals surface area contributed by atoms with Gasteiger partial charge in [0.25, 0.3) is 0 Å². The molecule has 21 nitrogen and oxygen atoms in total. The summed E-state index contributed by atoms with van der Waals surface area (Å²) in [5.74, 6) is -6.40. The second kappa shape index (κ2) is 24.9. The highest BCUT2D eigenvalue weighted by Gasteiger charge is 2.40. The van der Waals surface area contributed by atoms with Crippen LogP contribution in [0.2, 0.25) is 0 Å². The summed E-state index contributed by atoms with van der Waals surface area (Å²) < 4.78 is 0. The van der Waals surface area contributed by atoms with Gasteiger partial charge in [-0.1, -0.05) is 70.2 Å². The van der Waals surface area contributed by atoms with Crippen molar-refractivity contribution in [1.29, 1.82) is 0 Å². The summed E-state index contributed by atoms with van der Waals surface area (Å²) in [4.78, 5) is 108. The Morgan fingerprint density at radius 1 is 0.773 bits per heavy atom. The minimum atomic E-state index is -1.30. The first-order valence-electron chi connectivity index (χ1n) is 22.0. The molecule has 7 atom stereocenters. The van der Waals surface area contributed by atoms with Crippen molar-refractivity contribution in [1.82, 2.24) is 41.5 Å². The number of aliphatic carboxylic acids is 1. The number of aromatic nitrogens is 2. The largest absolute Gasteiger partial charge is 0.508 e. The van der Waals surface area contributed by atoms with Crippen LogP contribution in [0.1, 0.15) is 70.2 Å². The molecule has 1 aliphatic rings. The summed E-state index contributed by atoms with van der Waals surface area (Å²) >= 11 is 0. The van der Waals surface area contributed by atoms with E-state index in [-0.39, 0.29) is 56.9 Å². The van der Waals surface area contributed by atoms with E-state index in [1.54, 1.807) is 70.2 Å². The monoisotopic (exact) mass is 916 g/mol. The van der Waals surface area contributed by atoms with Crippen LogP contribution in [0.3, 0.4) is 0 Å². The number of rotatable bonds is 24. The second-order valence-electron chi connectivity index (χ2n) is 17.1. The molecule has 358 valence electrons. The number of hydrogen-bond donors (Lipinski definition) is 11. The Kier molecular flexibility index (Phi) is 19.4. The first-order valence-corrected chi connectivity index (χ1v) is 22.0. The van der Waals surface area contributed by atoms with Gasteiger partial charge in [0.2, 0.25) is 35.4 Å². The van der Waals surface area contributed by atoms with Crippen LogP contribution in [0, 0.1) is 11.8 Å². The summed E-state index contributed by atoms with van der Waals surface area (Å²) in [7, 11) is 0. The number of aromatic hydroxyl groups is 1. The summed E-state index contributed by atoms with van der Waals surface area (Å²) in [5.41, 5.74) is 18.6. The number of nitrogens with two attached hydrogens (primary N) is 3. The van der Waals surface area contributed by atoms with Crippen LogP contribution in [-0.2, 0) is 52.8 Å². The maximum Gasteiger partial charge on any atom is 0.326 e. The molecule has 14 N–H and O–H groups in total. The Morgan fingerprint density at radius 3 is 1.94 bits per heavy atom. The smallest absolute Gasteiger partial charge is 0.326 e. The summed E-state index contributed by atoms with van der Waals surface area (Å²) in [6, 6.07) is 6.59. The number of hydrogen-bond acceptors (Lipinski definition) is 11. The molecule has 0 spiro atoms. The van der Waals surface area contributed by atoms with Crippen molar-refractivity contribution >= 4 is 47.4 Å². The van der Waals surface area contributed by atoms with E-state index in [2.05, 4.69) is 41.5 Å². The maximum absolute atomic E-state index is 14.4. The van der Waals surface area contributed by atoms with Gasteiger partial charge >= 0.3 is 5.97 Å². The molecule has 1 saturated heterocycles. The fourth-order valence-electron chi connectivity index (χ4n) is 7.47. The highest BCUT2D eigenvalue weighted by molar-refractivity contribution is 5.97. The maximum atomic E-state index is 14.4. The summed E-state index contributed by atoms with van der Waals surface area (Å²) in [5, 5.41) is 33.4. The number of aromatic amines is 1. The highest BCUT2D eigenvalue weighted by Crippen LogP contribution is 2.21. The van der Waals surface area contributed by atoms with Crippen molar-refractivity contribution in [2.75, 3.05) is 13.1 Å². The van der Waals surface area contributed by atoms with Gasteiger partial charge < -0.3 is 63.9 Å². The standard InChI is InChI=1S/C45H64N12O9/c1-25(2)36(55-38(59)31(46)12-8-18-50-45(47)48)41(62)52-32(20-28-14-16-30(58)17-15-28)39(60)56-37(26(3)4)42(63)53-33(22-29-23-49-24-51-29)43(64)57-19-9-13-35(57)40(61)54-34(44(65)66)21-27-10-6-5-7-11-27/h5-7,10-11,14-17,23-26,31-37,58H,8-9,12-13,18-22,46H2,1-4H3,(H,49,51)(H,52,62)(H,53,63)(H,54,61)(H,55,59)(H,56,60)(H,65,66)(H4,47,48,50). The number of imidazole rings is 1. The van der Waals surface area contributed by atoms with E-state index in [1.165, 1.54) is 29.6 Å². The quantitative estimate of drug-likeness (QED) is 0.0302. The number of nitrogens with zero attached hydrogens (tertiary/aromatic N) is 3. The van der Waals surface area contributed by atoms with Gasteiger partial charge in [0.1, 0.15) is 42.0 Å². The minimum absolute atomic E-state index is 0.0230. The van der Waals surface area contributed by atoms with Gasteiger partial charge in [-0.25, -0.2) is 9.78 Å². The number of likely N-dealkylation sites (tertiary alicyclic amines) is 1. The third kappa shape index (κ3) is 15.6. The Labute approximate surface area is 383 Å². The topological polar surface area (TPSA) is 342 Å². The van der Waals surface area contributed by atoms with Crippen molar-refractivity contribution in [3.63, 3.8) is 0 Å². The lowest BCUT2D eigenvalue weighted by atomic mass is 9.98. The predicted octanol–water partition coefficient (Wildman–Crippen LogP) is -0.664. The summed E-state index contributed by atoms with van der Waals surface area (Å²) in [6.07, 6.45) is 4.10. The van der Waals surface area contributed by atoms with Crippen molar-refractivity contribution in [2.24, 2.45) is 34.0 Å². The fraction of sp³-hybridized carbons (Fsp3) is 0.489. The predicted molar refractivity (Wildman–Crippen MR) is 244 cm³/mol. The lowest BCUT2D eigenvalue weighted by Crippen LogP contribution is -2.61. The van der Waals surface area contributed by atoms with Crippen LogP contribution in [0.25, 0.3) is 0 Å². The molecule has 7 unspecified atom stereocenters. The minimum Gasteiger partial charge on any atom is -0.508 e. The van der Waals surface area contributed by atoms with Crippen LogP contribution in [0.15, 0.2) is 72.1 Å². The van der Waals surface area contributed by atoms with Crippen LogP contribution in [0.4, 0.5) is 0 Å². The van der Waals surface area contributed by atoms with Crippen molar-refractivity contribution in [2.45, 2.75) is 115 Å². The zero-order valence-electron chi connectivity index (χ0n) is 37.7. The number of amides is 6. The number of carboxylic acid groups (broad SMARTS) is 1. The molecule has 0 radical (unpaired) electrons. The van der Waals surface area contributed by atoms with Gasteiger partial charge in [-0.05, 0) is 60.8 Å². The van der Waals surface area contributed by atoms with E-state index in [4.69, 9.17) is 17.2 Å². The number of nitrogens with one attached hydrogen (secondary N) is 6. The summed E-state index contributed by atoms with van der Waals surface area (Å²) in [6.45, 7) is 7.20. The molecule has 2 aromatic carbocycles. The normalized spacial score (nSPS) is 16.2. The van der Waals surface area contributed by atoms with Gasteiger partial charge in [0.15, 0.2) is 5.96 Å². The van der Waals surface area contributed by atoms with Crippen LogP contribution >= 0.6 is 0 Å². The number of carboxylic acids is 1. The van der Waals surface area contributed by atoms with Crippen LogP contribution < -0.4 is 43.8 Å². The van der Waals surface area contributed by atoms with Crippen LogP contribution in [-0.4, -0.2) is 128 Å². The van der Waals surface area contributed by atoms with E-state index in [9.17, 15) is 43.8 Å². The molecule has 6 amide bonds. The molecule has 21 heteroatoms.